The molecule has 4 aliphatic carbocycles. The van der Waals surface area contributed by atoms with Gasteiger partial charge in [0.15, 0.2) is 6.61 Å². The zero-order valence-electron chi connectivity index (χ0n) is 10.5. The third-order valence-corrected chi connectivity index (χ3v) is 4.92. The van der Waals surface area contributed by atoms with Gasteiger partial charge in [-0.25, -0.2) is 0 Å². The maximum Gasteiger partial charge on any atom is 0.313 e. The van der Waals surface area contributed by atoms with Crippen LogP contribution in [-0.2, 0) is 9.53 Å². The molecule has 4 fully saturated rings. The summed E-state index contributed by atoms with van der Waals surface area (Å²) < 4.78 is 5.35. The van der Waals surface area contributed by atoms with Crippen LogP contribution in [0, 0.1) is 35.0 Å². The Labute approximate surface area is 103 Å². The predicted octanol–water partition coefficient (Wildman–Crippen LogP) is 2.77. The summed E-state index contributed by atoms with van der Waals surface area (Å²) in [5.41, 5.74) is -0.121. The van der Waals surface area contributed by atoms with Gasteiger partial charge in [0.1, 0.15) is 0 Å². The van der Waals surface area contributed by atoms with E-state index in [9.17, 15) is 4.79 Å². The van der Waals surface area contributed by atoms with Gasteiger partial charge >= 0.3 is 5.97 Å². The quantitative estimate of drug-likeness (QED) is 0.540. The molecule has 0 saturated heterocycles. The lowest BCUT2D eigenvalue weighted by atomic mass is 9.49. The average Bonchev–Trinajstić information content (AvgIpc) is 2.27. The Morgan fingerprint density at radius 3 is 2.18 bits per heavy atom. The lowest BCUT2D eigenvalue weighted by Gasteiger charge is -2.55. The van der Waals surface area contributed by atoms with Crippen LogP contribution in [0.15, 0.2) is 0 Å². The smallest absolute Gasteiger partial charge is 0.313 e. The standard InChI is InChI=1S/C15H20O2/c1-2-3-4-17-14(16)15-8-11-5-12(9-15)7-13(6-11)10-15/h11-13H,4-10H2,1H3. The first-order valence-corrected chi connectivity index (χ1v) is 6.79. The fourth-order valence-corrected chi connectivity index (χ4v) is 4.69. The molecule has 0 unspecified atom stereocenters. The zero-order valence-corrected chi connectivity index (χ0v) is 10.5. The third-order valence-electron chi connectivity index (χ3n) is 4.92. The Kier molecular flexibility index (Phi) is 2.65. The van der Waals surface area contributed by atoms with E-state index in [0.717, 1.165) is 37.0 Å². The maximum atomic E-state index is 12.3. The second-order valence-corrected chi connectivity index (χ2v) is 6.20. The fourth-order valence-electron chi connectivity index (χ4n) is 4.69. The van der Waals surface area contributed by atoms with E-state index >= 15 is 0 Å². The van der Waals surface area contributed by atoms with Crippen molar-refractivity contribution in [2.45, 2.75) is 45.4 Å². The van der Waals surface area contributed by atoms with Crippen LogP contribution in [-0.4, -0.2) is 12.6 Å². The van der Waals surface area contributed by atoms with Crippen molar-refractivity contribution in [1.82, 2.24) is 0 Å². The Hall–Kier alpha value is -0.970. The zero-order chi connectivity index (χ0) is 11.9. The van der Waals surface area contributed by atoms with Crippen LogP contribution in [0.25, 0.3) is 0 Å². The number of ether oxygens (including phenoxy) is 1. The van der Waals surface area contributed by atoms with Crippen LogP contribution < -0.4 is 0 Å². The largest absolute Gasteiger partial charge is 0.452 e. The number of rotatable bonds is 2. The van der Waals surface area contributed by atoms with Crippen molar-refractivity contribution < 1.29 is 9.53 Å². The van der Waals surface area contributed by atoms with Crippen molar-refractivity contribution in [1.29, 1.82) is 0 Å². The minimum atomic E-state index is -0.121. The van der Waals surface area contributed by atoms with Gasteiger partial charge in [0, 0.05) is 0 Å². The number of esters is 1. The molecule has 17 heavy (non-hydrogen) atoms. The predicted molar refractivity (Wildman–Crippen MR) is 65.0 cm³/mol. The van der Waals surface area contributed by atoms with Crippen LogP contribution >= 0.6 is 0 Å². The van der Waals surface area contributed by atoms with Crippen molar-refractivity contribution >= 4 is 5.97 Å². The maximum absolute atomic E-state index is 12.3. The summed E-state index contributed by atoms with van der Waals surface area (Å²) in [4.78, 5) is 12.3. The number of carbonyl (C=O) groups excluding carboxylic acids is 1. The first kappa shape index (κ1) is 11.1. The Morgan fingerprint density at radius 2 is 1.71 bits per heavy atom. The highest BCUT2D eigenvalue weighted by Gasteiger charge is 2.55. The molecule has 2 nitrogen and oxygen atoms in total. The molecule has 0 aromatic rings. The van der Waals surface area contributed by atoms with Gasteiger partial charge in [0.05, 0.1) is 5.41 Å². The molecule has 0 heterocycles. The minimum absolute atomic E-state index is 0.0411. The van der Waals surface area contributed by atoms with E-state index in [4.69, 9.17) is 4.74 Å². The van der Waals surface area contributed by atoms with Crippen LogP contribution in [0.5, 0.6) is 0 Å². The van der Waals surface area contributed by atoms with Crippen molar-refractivity contribution in [3.05, 3.63) is 0 Å². The van der Waals surface area contributed by atoms with Crippen LogP contribution in [0.2, 0.25) is 0 Å². The molecule has 4 aliphatic rings. The van der Waals surface area contributed by atoms with Crippen LogP contribution in [0.4, 0.5) is 0 Å². The topological polar surface area (TPSA) is 26.3 Å². The molecule has 0 amide bonds. The van der Waals surface area contributed by atoms with Crippen molar-refractivity contribution in [3.63, 3.8) is 0 Å². The highest BCUT2D eigenvalue weighted by atomic mass is 16.5. The summed E-state index contributed by atoms with van der Waals surface area (Å²) >= 11 is 0. The molecule has 4 saturated carbocycles. The molecule has 4 rings (SSSR count). The highest BCUT2D eigenvalue weighted by molar-refractivity contribution is 5.77. The van der Waals surface area contributed by atoms with Crippen molar-refractivity contribution in [3.8, 4) is 11.8 Å². The molecular weight excluding hydrogens is 212 g/mol. The summed E-state index contributed by atoms with van der Waals surface area (Å²) in [6.07, 6.45) is 7.33. The van der Waals surface area contributed by atoms with Gasteiger partial charge in [-0.3, -0.25) is 4.79 Å². The molecule has 0 aromatic carbocycles. The fraction of sp³-hybridized carbons (Fsp3) is 0.800. The molecular formula is C15H20O2. The van der Waals surface area contributed by atoms with Crippen molar-refractivity contribution in [2.24, 2.45) is 23.2 Å². The second-order valence-electron chi connectivity index (χ2n) is 6.20. The molecule has 92 valence electrons. The second kappa shape index (κ2) is 4.05. The SMILES string of the molecule is CC#CCOC(=O)C12CC3CC(CC(C3)C1)C2. The summed E-state index contributed by atoms with van der Waals surface area (Å²) in [5, 5.41) is 0. The summed E-state index contributed by atoms with van der Waals surface area (Å²) in [5.74, 6) is 8.02. The average molecular weight is 232 g/mol. The van der Waals surface area contributed by atoms with Gasteiger partial charge in [-0.2, -0.15) is 0 Å². The van der Waals surface area contributed by atoms with Gasteiger partial charge in [-0.15, -0.1) is 5.92 Å². The molecule has 0 N–H and O–H groups in total. The minimum Gasteiger partial charge on any atom is -0.452 e. The number of hydrogen-bond donors (Lipinski definition) is 0. The van der Waals surface area contributed by atoms with Crippen LogP contribution in [0.3, 0.4) is 0 Å². The Bertz CT molecular complexity index is 350. The van der Waals surface area contributed by atoms with E-state index in [1.54, 1.807) is 6.92 Å². The molecule has 0 atom stereocenters. The molecule has 2 heteroatoms. The number of hydrogen-bond acceptors (Lipinski definition) is 2. The monoisotopic (exact) mass is 232 g/mol. The lowest BCUT2D eigenvalue weighted by molar-refractivity contribution is -0.170. The van der Waals surface area contributed by atoms with E-state index in [0.29, 0.717) is 0 Å². The summed E-state index contributed by atoms with van der Waals surface area (Å²) in [7, 11) is 0. The summed E-state index contributed by atoms with van der Waals surface area (Å²) in [6.45, 7) is 2.05. The van der Waals surface area contributed by atoms with Gasteiger partial charge in [0.2, 0.25) is 0 Å². The lowest BCUT2D eigenvalue weighted by Crippen LogP contribution is -2.50. The van der Waals surface area contributed by atoms with E-state index in [2.05, 4.69) is 11.8 Å². The summed E-state index contributed by atoms with van der Waals surface area (Å²) in [6, 6.07) is 0. The van der Waals surface area contributed by atoms with Gasteiger partial charge in [-0.1, -0.05) is 5.92 Å². The molecule has 0 aromatic heterocycles. The van der Waals surface area contributed by atoms with Gasteiger partial charge < -0.3 is 4.74 Å². The van der Waals surface area contributed by atoms with E-state index in [1.807, 2.05) is 0 Å². The first-order chi connectivity index (χ1) is 8.22. The highest BCUT2D eigenvalue weighted by Crippen LogP contribution is 2.60. The Balaban J connectivity index is 1.72. The van der Waals surface area contributed by atoms with Gasteiger partial charge in [0.25, 0.3) is 0 Å². The number of carbonyl (C=O) groups is 1. The van der Waals surface area contributed by atoms with Crippen molar-refractivity contribution in [2.75, 3.05) is 6.61 Å². The van der Waals surface area contributed by atoms with E-state index in [-0.39, 0.29) is 18.0 Å². The molecule has 4 bridgehead atoms. The Morgan fingerprint density at radius 1 is 1.18 bits per heavy atom. The van der Waals surface area contributed by atoms with E-state index in [1.165, 1.54) is 19.3 Å². The third kappa shape index (κ3) is 1.86. The normalized spacial score (nSPS) is 41.8. The van der Waals surface area contributed by atoms with Crippen LogP contribution in [0.1, 0.15) is 45.4 Å². The molecule has 0 aliphatic heterocycles. The van der Waals surface area contributed by atoms with E-state index < -0.39 is 0 Å². The van der Waals surface area contributed by atoms with Gasteiger partial charge in [-0.05, 0) is 63.2 Å². The molecule has 0 radical (unpaired) electrons. The first-order valence-electron chi connectivity index (χ1n) is 6.79. The molecule has 0 spiro atoms.